The molecule has 0 amide bonds. The van der Waals surface area contributed by atoms with Crippen LogP contribution in [0.4, 0.5) is 0 Å². The lowest BCUT2D eigenvalue weighted by molar-refractivity contribution is -0.137. The molecule has 0 aromatic carbocycles. The Labute approximate surface area is 136 Å². The van der Waals surface area contributed by atoms with Crippen molar-refractivity contribution in [1.82, 2.24) is 0 Å². The van der Waals surface area contributed by atoms with Crippen LogP contribution in [0.25, 0.3) is 0 Å². The first-order valence-corrected chi connectivity index (χ1v) is 11.1. The monoisotopic (exact) mass is 324 g/mol. The van der Waals surface area contributed by atoms with E-state index in [1.807, 2.05) is 6.92 Å². The van der Waals surface area contributed by atoms with E-state index in [4.69, 9.17) is 9.16 Å². The second kappa shape index (κ2) is 7.13. The van der Waals surface area contributed by atoms with E-state index in [9.17, 15) is 4.79 Å². The molecule has 0 radical (unpaired) electrons. The summed E-state index contributed by atoms with van der Waals surface area (Å²) in [4.78, 5) is 11.9. The van der Waals surface area contributed by atoms with Crippen LogP contribution in [0.5, 0.6) is 0 Å². The van der Waals surface area contributed by atoms with Crippen LogP contribution in [0.2, 0.25) is 18.1 Å². The van der Waals surface area contributed by atoms with Crippen molar-refractivity contribution >= 4 is 14.3 Å². The van der Waals surface area contributed by atoms with Gasteiger partial charge in [0.05, 0.1) is 12.7 Å². The molecular formula is C18H32O3Si. The first-order valence-electron chi connectivity index (χ1n) is 8.22. The second-order valence-electron chi connectivity index (χ2n) is 7.74. The molecule has 126 valence electrons. The fourth-order valence-corrected chi connectivity index (χ4v) is 3.76. The quantitative estimate of drug-likeness (QED) is 0.415. The van der Waals surface area contributed by atoms with E-state index >= 15 is 0 Å². The molecule has 0 heterocycles. The van der Waals surface area contributed by atoms with Crippen LogP contribution in [0.3, 0.4) is 0 Å². The van der Waals surface area contributed by atoms with E-state index in [-0.39, 0.29) is 17.1 Å². The average Bonchev–Trinajstić information content (AvgIpc) is 2.70. The van der Waals surface area contributed by atoms with Crippen molar-refractivity contribution < 1.29 is 14.0 Å². The Morgan fingerprint density at radius 1 is 1.32 bits per heavy atom. The maximum Gasteiger partial charge on any atom is 0.331 e. The predicted octanol–water partition coefficient (Wildman–Crippen LogP) is 5.00. The van der Waals surface area contributed by atoms with Gasteiger partial charge in [0.15, 0.2) is 8.32 Å². The third kappa shape index (κ3) is 4.56. The van der Waals surface area contributed by atoms with Gasteiger partial charge in [-0.25, -0.2) is 4.79 Å². The summed E-state index contributed by atoms with van der Waals surface area (Å²) in [5, 5.41) is 0.162. The Hall–Kier alpha value is -0.873. The molecule has 0 N–H and O–H groups in total. The van der Waals surface area contributed by atoms with Crippen molar-refractivity contribution in [1.29, 1.82) is 0 Å². The molecule has 1 aliphatic rings. The number of allylic oxidation sites excluding steroid dienone is 1. The van der Waals surface area contributed by atoms with Crippen LogP contribution >= 0.6 is 0 Å². The normalized spacial score (nSPS) is 21.4. The number of esters is 1. The van der Waals surface area contributed by atoms with Crippen molar-refractivity contribution in [3.05, 3.63) is 22.8 Å². The number of carbonyl (C=O) groups excluding carboxylic acids is 1. The molecule has 22 heavy (non-hydrogen) atoms. The van der Waals surface area contributed by atoms with Crippen LogP contribution in [0.15, 0.2) is 22.8 Å². The summed E-state index contributed by atoms with van der Waals surface area (Å²) in [5.41, 5.74) is 3.55. The minimum Gasteiger partial charge on any atom is -0.463 e. The van der Waals surface area contributed by atoms with Crippen LogP contribution < -0.4 is 0 Å². The first kappa shape index (κ1) is 19.2. The molecule has 0 bridgehead atoms. The summed E-state index contributed by atoms with van der Waals surface area (Å²) < 4.78 is 11.7. The summed E-state index contributed by atoms with van der Waals surface area (Å²) in [6.45, 7) is 17.7. The smallest absolute Gasteiger partial charge is 0.331 e. The molecule has 0 aromatic rings. The number of ether oxygens (including phenoxy) is 1. The highest BCUT2D eigenvalue weighted by Gasteiger charge is 2.41. The molecular weight excluding hydrogens is 292 g/mol. The summed E-state index contributed by atoms with van der Waals surface area (Å²) in [7, 11) is -1.86. The first-order chi connectivity index (χ1) is 9.99. The van der Waals surface area contributed by atoms with Crippen LogP contribution in [-0.4, -0.2) is 27.0 Å². The molecule has 0 saturated heterocycles. The lowest BCUT2D eigenvalue weighted by Gasteiger charge is -2.38. The van der Waals surface area contributed by atoms with E-state index in [1.54, 1.807) is 6.08 Å². The second-order valence-corrected chi connectivity index (χ2v) is 12.5. The highest BCUT2D eigenvalue weighted by atomic mass is 28.4. The van der Waals surface area contributed by atoms with Crippen molar-refractivity contribution in [2.75, 3.05) is 6.61 Å². The zero-order valence-corrected chi connectivity index (χ0v) is 16.5. The number of rotatable bonds is 4. The Morgan fingerprint density at radius 2 is 1.91 bits per heavy atom. The molecule has 0 unspecified atom stereocenters. The standard InChI is InChI=1S/C18H32O3Si/c1-9-20-17(19)12-15-14(13(2)3)10-11-16(15)21-22(7,8)18(4,5)6/h12,16H,9-11H2,1-8H3/b15-12-/t16-/m1/s1. The Balaban J connectivity index is 3.09. The van der Waals surface area contributed by atoms with E-state index in [2.05, 4.69) is 47.7 Å². The van der Waals surface area contributed by atoms with Gasteiger partial charge in [-0.15, -0.1) is 0 Å². The molecule has 0 spiro atoms. The molecule has 1 atom stereocenters. The fraction of sp³-hybridized carbons (Fsp3) is 0.722. The molecule has 1 rings (SSSR count). The van der Waals surface area contributed by atoms with Gasteiger partial charge in [-0.3, -0.25) is 0 Å². The zero-order chi connectivity index (χ0) is 17.1. The minimum absolute atomic E-state index is 0.0233. The van der Waals surface area contributed by atoms with Gasteiger partial charge in [-0.1, -0.05) is 26.3 Å². The summed E-state index contributed by atoms with van der Waals surface area (Å²) >= 11 is 0. The molecule has 3 nitrogen and oxygen atoms in total. The summed E-state index contributed by atoms with van der Waals surface area (Å²) in [6.07, 6.45) is 3.61. The Kier molecular flexibility index (Phi) is 6.22. The van der Waals surface area contributed by atoms with Gasteiger partial charge in [0, 0.05) is 6.08 Å². The van der Waals surface area contributed by atoms with Gasteiger partial charge in [0.1, 0.15) is 0 Å². The van der Waals surface area contributed by atoms with Crippen LogP contribution in [0.1, 0.15) is 54.4 Å². The van der Waals surface area contributed by atoms with Crippen molar-refractivity contribution in [3.8, 4) is 0 Å². The fourth-order valence-electron chi connectivity index (χ4n) is 2.45. The van der Waals surface area contributed by atoms with Crippen molar-refractivity contribution in [3.63, 3.8) is 0 Å². The van der Waals surface area contributed by atoms with Crippen LogP contribution in [0, 0.1) is 0 Å². The highest BCUT2D eigenvalue weighted by Crippen LogP contribution is 2.42. The largest absolute Gasteiger partial charge is 0.463 e. The summed E-state index contributed by atoms with van der Waals surface area (Å²) in [5.74, 6) is -0.262. The van der Waals surface area contributed by atoms with Gasteiger partial charge >= 0.3 is 5.97 Å². The molecule has 4 heteroatoms. The minimum atomic E-state index is -1.86. The van der Waals surface area contributed by atoms with Gasteiger partial charge < -0.3 is 9.16 Å². The Bertz CT molecular complexity index is 477. The Morgan fingerprint density at radius 3 is 2.36 bits per heavy atom. The number of hydrogen-bond donors (Lipinski definition) is 0. The third-order valence-corrected chi connectivity index (χ3v) is 9.24. The van der Waals surface area contributed by atoms with Gasteiger partial charge in [0.2, 0.25) is 0 Å². The average molecular weight is 325 g/mol. The SMILES string of the molecule is CCOC(=O)/C=C1/C(=C(C)C)CC[C@H]1O[Si](C)(C)C(C)(C)C. The van der Waals surface area contributed by atoms with E-state index in [1.165, 1.54) is 11.1 Å². The highest BCUT2D eigenvalue weighted by molar-refractivity contribution is 6.74. The lowest BCUT2D eigenvalue weighted by Crippen LogP contribution is -2.43. The topological polar surface area (TPSA) is 35.5 Å². The summed E-state index contributed by atoms with van der Waals surface area (Å²) in [6, 6.07) is 0. The van der Waals surface area contributed by atoms with E-state index < -0.39 is 8.32 Å². The maximum atomic E-state index is 11.9. The van der Waals surface area contributed by atoms with Gasteiger partial charge in [0.25, 0.3) is 0 Å². The van der Waals surface area contributed by atoms with Crippen molar-refractivity contribution in [2.24, 2.45) is 0 Å². The molecule has 0 aliphatic heterocycles. The molecule has 0 aromatic heterocycles. The maximum absolute atomic E-state index is 11.9. The van der Waals surface area contributed by atoms with Crippen LogP contribution in [-0.2, 0) is 14.0 Å². The predicted molar refractivity (Wildman–Crippen MR) is 94.4 cm³/mol. The number of hydrogen-bond acceptors (Lipinski definition) is 3. The lowest BCUT2D eigenvalue weighted by atomic mass is 10.0. The van der Waals surface area contributed by atoms with Gasteiger partial charge in [-0.05, 0) is 62.9 Å². The third-order valence-electron chi connectivity index (χ3n) is 4.76. The molecule has 1 aliphatic carbocycles. The molecule has 1 saturated carbocycles. The van der Waals surface area contributed by atoms with Crippen molar-refractivity contribution in [2.45, 2.75) is 78.6 Å². The number of carbonyl (C=O) groups is 1. The van der Waals surface area contributed by atoms with Gasteiger partial charge in [-0.2, -0.15) is 0 Å². The van der Waals surface area contributed by atoms with E-state index in [0.29, 0.717) is 6.61 Å². The van der Waals surface area contributed by atoms with E-state index in [0.717, 1.165) is 18.4 Å². The zero-order valence-electron chi connectivity index (χ0n) is 15.5. The molecule has 1 fully saturated rings.